The Morgan fingerprint density at radius 1 is 1.37 bits per heavy atom. The minimum atomic E-state index is -1.11. The van der Waals surface area contributed by atoms with Gasteiger partial charge in [0.2, 0.25) is 0 Å². The number of carboxylic acid groups (broad SMARTS) is 1. The molecule has 1 saturated carbocycles. The van der Waals surface area contributed by atoms with Crippen molar-refractivity contribution in [3.63, 3.8) is 0 Å². The number of carboxylic acids is 1. The first kappa shape index (κ1) is 14.8. The highest BCUT2D eigenvalue weighted by Crippen LogP contribution is 2.37. The van der Waals surface area contributed by atoms with Gasteiger partial charge in [0, 0.05) is 12.1 Å². The highest BCUT2D eigenvalue weighted by molar-refractivity contribution is 5.77. The van der Waals surface area contributed by atoms with Gasteiger partial charge in [-0.15, -0.1) is 0 Å². The van der Waals surface area contributed by atoms with Crippen molar-refractivity contribution in [2.75, 3.05) is 6.54 Å². The quantitative estimate of drug-likeness (QED) is 0.802. The summed E-state index contributed by atoms with van der Waals surface area (Å²) in [5, 5.41) is 9.17. The summed E-state index contributed by atoms with van der Waals surface area (Å²) >= 11 is 0. The Kier molecular flexibility index (Phi) is 4.51. The minimum Gasteiger partial charge on any atom is -0.480 e. The van der Waals surface area contributed by atoms with E-state index in [2.05, 4.69) is 11.8 Å². The van der Waals surface area contributed by atoms with Crippen molar-refractivity contribution >= 4 is 5.97 Å². The van der Waals surface area contributed by atoms with E-state index in [0.29, 0.717) is 12.5 Å². The summed E-state index contributed by atoms with van der Waals surface area (Å²) in [5.74, 6) is -0.0604. The molecule has 19 heavy (non-hydrogen) atoms. The maximum absolute atomic E-state index is 11.2. The summed E-state index contributed by atoms with van der Waals surface area (Å²) in [6.45, 7) is 4.88. The molecule has 0 amide bonds. The van der Waals surface area contributed by atoms with Crippen molar-refractivity contribution in [1.29, 1.82) is 0 Å². The molecule has 3 atom stereocenters. The fraction of sp³-hybridized carbons (Fsp3) is 0.933. The van der Waals surface area contributed by atoms with Crippen molar-refractivity contribution in [2.24, 2.45) is 11.7 Å². The molecule has 0 spiro atoms. The average molecular weight is 268 g/mol. The summed E-state index contributed by atoms with van der Waals surface area (Å²) in [5.41, 5.74) is 4.79. The average Bonchev–Trinajstić information content (AvgIpc) is 2.99. The van der Waals surface area contributed by atoms with Gasteiger partial charge in [-0.1, -0.05) is 12.8 Å². The lowest BCUT2D eigenvalue weighted by Crippen LogP contribution is -2.51. The minimum absolute atomic E-state index is 0.263. The van der Waals surface area contributed by atoms with Crippen LogP contribution in [-0.4, -0.2) is 40.1 Å². The van der Waals surface area contributed by atoms with E-state index >= 15 is 0 Å². The van der Waals surface area contributed by atoms with Crippen molar-refractivity contribution in [2.45, 2.75) is 76.4 Å². The van der Waals surface area contributed by atoms with E-state index < -0.39 is 11.5 Å². The van der Waals surface area contributed by atoms with Crippen molar-refractivity contribution < 1.29 is 9.90 Å². The highest BCUT2D eigenvalue weighted by Gasteiger charge is 2.38. The molecule has 2 fully saturated rings. The number of hydrogen-bond acceptors (Lipinski definition) is 3. The van der Waals surface area contributed by atoms with Crippen LogP contribution in [0.1, 0.15) is 58.8 Å². The van der Waals surface area contributed by atoms with Crippen LogP contribution < -0.4 is 5.73 Å². The first-order valence-corrected chi connectivity index (χ1v) is 7.70. The van der Waals surface area contributed by atoms with Crippen LogP contribution in [0.4, 0.5) is 0 Å². The van der Waals surface area contributed by atoms with E-state index in [1.165, 1.54) is 38.5 Å². The molecule has 1 saturated heterocycles. The predicted molar refractivity (Wildman–Crippen MR) is 76.0 cm³/mol. The van der Waals surface area contributed by atoms with Gasteiger partial charge in [-0.05, 0) is 58.4 Å². The zero-order valence-electron chi connectivity index (χ0n) is 12.3. The van der Waals surface area contributed by atoms with Gasteiger partial charge in [0.25, 0.3) is 0 Å². The van der Waals surface area contributed by atoms with Crippen LogP contribution >= 0.6 is 0 Å². The van der Waals surface area contributed by atoms with E-state index in [0.717, 1.165) is 12.5 Å². The summed E-state index contributed by atoms with van der Waals surface area (Å²) in [7, 11) is 0. The van der Waals surface area contributed by atoms with E-state index in [9.17, 15) is 4.79 Å². The van der Waals surface area contributed by atoms with Crippen LogP contribution in [0.2, 0.25) is 0 Å². The number of carbonyl (C=O) groups is 1. The lowest BCUT2D eigenvalue weighted by Gasteiger charge is -2.36. The smallest absolute Gasteiger partial charge is 0.323 e. The molecule has 110 valence electrons. The molecule has 0 bridgehead atoms. The second kappa shape index (κ2) is 5.80. The van der Waals surface area contributed by atoms with E-state index in [1.54, 1.807) is 6.92 Å². The summed E-state index contributed by atoms with van der Waals surface area (Å²) in [6, 6.07) is 0.932. The number of hydrogen-bond donors (Lipinski definition) is 2. The zero-order chi connectivity index (χ0) is 14.0. The van der Waals surface area contributed by atoms with Gasteiger partial charge >= 0.3 is 5.97 Å². The van der Waals surface area contributed by atoms with E-state index in [1.807, 2.05) is 0 Å². The fourth-order valence-corrected chi connectivity index (χ4v) is 4.03. The Balaban J connectivity index is 1.97. The SMILES string of the molecule is CC(CC(C)(N)C(=O)O)N1CCCC1C1CCCC1. The summed E-state index contributed by atoms with van der Waals surface area (Å²) in [4.78, 5) is 13.7. The molecule has 0 aromatic rings. The number of likely N-dealkylation sites (tertiary alicyclic amines) is 1. The third-order valence-corrected chi connectivity index (χ3v) is 5.06. The highest BCUT2D eigenvalue weighted by atomic mass is 16.4. The molecule has 3 unspecified atom stereocenters. The molecule has 0 radical (unpaired) electrons. The standard InChI is InChI=1S/C15H28N2O2/c1-11(10-15(2,16)14(18)19)17-9-5-8-13(17)12-6-3-4-7-12/h11-13H,3-10,16H2,1-2H3,(H,18,19). The van der Waals surface area contributed by atoms with Gasteiger partial charge in [-0.25, -0.2) is 0 Å². The van der Waals surface area contributed by atoms with Crippen molar-refractivity contribution in [1.82, 2.24) is 4.90 Å². The number of aliphatic carboxylic acids is 1. The van der Waals surface area contributed by atoms with E-state index in [4.69, 9.17) is 10.8 Å². The first-order chi connectivity index (χ1) is 8.92. The van der Waals surface area contributed by atoms with Gasteiger partial charge in [0.1, 0.15) is 5.54 Å². The Morgan fingerprint density at radius 3 is 2.58 bits per heavy atom. The number of nitrogens with two attached hydrogens (primary N) is 1. The number of nitrogens with zero attached hydrogens (tertiary/aromatic N) is 1. The van der Waals surface area contributed by atoms with Crippen LogP contribution in [0.5, 0.6) is 0 Å². The maximum Gasteiger partial charge on any atom is 0.323 e. The Hall–Kier alpha value is -0.610. The monoisotopic (exact) mass is 268 g/mol. The first-order valence-electron chi connectivity index (χ1n) is 7.70. The van der Waals surface area contributed by atoms with Gasteiger partial charge < -0.3 is 10.8 Å². The molecule has 1 aliphatic heterocycles. The molecule has 1 aliphatic carbocycles. The van der Waals surface area contributed by atoms with Gasteiger partial charge in [-0.3, -0.25) is 9.69 Å². The van der Waals surface area contributed by atoms with Crippen molar-refractivity contribution in [3.05, 3.63) is 0 Å². The number of rotatable bonds is 5. The molecule has 0 aromatic heterocycles. The van der Waals surface area contributed by atoms with Gasteiger partial charge in [0.15, 0.2) is 0 Å². The molecule has 0 aromatic carbocycles. The Morgan fingerprint density at radius 2 is 2.00 bits per heavy atom. The molecular formula is C15H28N2O2. The fourth-order valence-electron chi connectivity index (χ4n) is 4.03. The van der Waals surface area contributed by atoms with Crippen LogP contribution in [0.15, 0.2) is 0 Å². The van der Waals surface area contributed by atoms with Crippen LogP contribution in [0.3, 0.4) is 0 Å². The maximum atomic E-state index is 11.2. The molecular weight excluding hydrogens is 240 g/mol. The van der Waals surface area contributed by atoms with Crippen LogP contribution in [0, 0.1) is 5.92 Å². The van der Waals surface area contributed by atoms with Gasteiger partial charge in [0.05, 0.1) is 0 Å². The third-order valence-electron chi connectivity index (χ3n) is 5.06. The van der Waals surface area contributed by atoms with E-state index in [-0.39, 0.29) is 6.04 Å². The largest absolute Gasteiger partial charge is 0.480 e. The summed E-state index contributed by atoms with van der Waals surface area (Å²) < 4.78 is 0. The lowest BCUT2D eigenvalue weighted by atomic mass is 9.91. The van der Waals surface area contributed by atoms with Crippen LogP contribution in [-0.2, 0) is 4.79 Å². The Bertz CT molecular complexity index is 324. The molecule has 4 nitrogen and oxygen atoms in total. The predicted octanol–water partition coefficient (Wildman–Crippen LogP) is 2.22. The second-order valence-electron chi connectivity index (χ2n) is 6.77. The third kappa shape index (κ3) is 3.29. The molecule has 1 heterocycles. The summed E-state index contributed by atoms with van der Waals surface area (Å²) in [6.07, 6.45) is 8.51. The second-order valence-corrected chi connectivity index (χ2v) is 6.77. The molecule has 4 heteroatoms. The molecule has 2 rings (SSSR count). The normalized spacial score (nSPS) is 30.4. The molecule has 2 aliphatic rings. The lowest BCUT2D eigenvalue weighted by molar-refractivity contribution is -0.143. The topological polar surface area (TPSA) is 66.6 Å². The van der Waals surface area contributed by atoms with Crippen LogP contribution in [0.25, 0.3) is 0 Å². The zero-order valence-corrected chi connectivity index (χ0v) is 12.3. The van der Waals surface area contributed by atoms with Gasteiger partial charge in [-0.2, -0.15) is 0 Å². The Labute approximate surface area is 116 Å². The van der Waals surface area contributed by atoms with Crippen molar-refractivity contribution in [3.8, 4) is 0 Å². The molecule has 3 N–H and O–H groups in total.